The molecule has 3 rings (SSSR count). The molecule has 1 aromatic rings. The predicted octanol–water partition coefficient (Wildman–Crippen LogP) is 5.71. The fourth-order valence-corrected chi connectivity index (χ4v) is 5.56. The highest BCUT2D eigenvalue weighted by Gasteiger charge is 2.33. The highest BCUT2D eigenvalue weighted by Crippen LogP contribution is 2.47. The third-order valence-electron chi connectivity index (χ3n) is 4.51. The Morgan fingerprint density at radius 1 is 1.00 bits per heavy atom. The van der Waals surface area contributed by atoms with Gasteiger partial charge in [0, 0.05) is 5.92 Å². The molecular weight excluding hydrogens is 256 g/mol. The third-order valence-corrected chi connectivity index (χ3v) is 6.59. The molecule has 0 aromatic heterocycles. The normalized spacial score (nSPS) is 21.9. The van der Waals surface area contributed by atoms with Crippen molar-refractivity contribution in [3.63, 3.8) is 0 Å². The summed E-state index contributed by atoms with van der Waals surface area (Å²) in [5.41, 5.74) is 7.66. The number of rotatable bonds is 2. The van der Waals surface area contributed by atoms with Crippen molar-refractivity contribution >= 4 is 14.1 Å². The van der Waals surface area contributed by atoms with Crippen LogP contribution in [0, 0.1) is 0 Å². The van der Waals surface area contributed by atoms with Crippen LogP contribution in [0.2, 0.25) is 19.6 Å². The first kappa shape index (κ1) is 13.6. The second-order valence-electron chi connectivity index (χ2n) is 7.31. The van der Waals surface area contributed by atoms with E-state index in [-0.39, 0.29) is 0 Å². The van der Waals surface area contributed by atoms with E-state index in [1.807, 2.05) is 0 Å². The van der Waals surface area contributed by atoms with E-state index in [9.17, 15) is 0 Å². The Morgan fingerprint density at radius 2 is 1.70 bits per heavy atom. The molecule has 0 N–H and O–H groups in total. The molecule has 0 heterocycles. The van der Waals surface area contributed by atoms with Crippen LogP contribution in [0.15, 0.2) is 52.3 Å². The van der Waals surface area contributed by atoms with Gasteiger partial charge in [-0.1, -0.05) is 78.0 Å². The molecule has 1 atom stereocenters. The lowest BCUT2D eigenvalue weighted by atomic mass is 9.87. The lowest BCUT2D eigenvalue weighted by Gasteiger charge is -2.25. The molecule has 0 radical (unpaired) electrons. The van der Waals surface area contributed by atoms with Gasteiger partial charge in [0.15, 0.2) is 0 Å². The fraction of sp³-hybridized carbons (Fsp3) is 0.368. The minimum Gasteiger partial charge on any atom is -0.0693 e. The van der Waals surface area contributed by atoms with E-state index < -0.39 is 8.07 Å². The molecule has 20 heavy (non-hydrogen) atoms. The quantitative estimate of drug-likeness (QED) is 0.609. The minimum absolute atomic E-state index is 0.529. The Bertz CT molecular complexity index is 651. The molecule has 0 fully saturated rings. The summed E-state index contributed by atoms with van der Waals surface area (Å²) in [6.07, 6.45) is 6.03. The summed E-state index contributed by atoms with van der Waals surface area (Å²) in [6, 6.07) is 8.90. The van der Waals surface area contributed by atoms with Gasteiger partial charge in [-0.05, 0) is 31.4 Å². The second-order valence-corrected chi connectivity index (χ2v) is 12.3. The van der Waals surface area contributed by atoms with Crippen molar-refractivity contribution in [2.24, 2.45) is 0 Å². The Morgan fingerprint density at radius 3 is 2.40 bits per heavy atom. The maximum Gasteiger partial charge on any atom is 0.0775 e. The summed E-state index contributed by atoms with van der Waals surface area (Å²) >= 11 is 0. The molecule has 0 amide bonds. The zero-order chi connectivity index (χ0) is 14.5. The molecule has 0 spiro atoms. The van der Waals surface area contributed by atoms with Crippen molar-refractivity contribution in [3.05, 3.63) is 63.4 Å². The van der Waals surface area contributed by atoms with Crippen LogP contribution in [0.5, 0.6) is 0 Å². The average molecular weight is 280 g/mol. The Hall–Kier alpha value is -1.34. The van der Waals surface area contributed by atoms with Crippen LogP contribution in [-0.2, 0) is 0 Å². The smallest absolute Gasteiger partial charge is 0.0693 e. The van der Waals surface area contributed by atoms with Gasteiger partial charge in [-0.3, -0.25) is 0 Å². The van der Waals surface area contributed by atoms with Crippen molar-refractivity contribution in [2.75, 3.05) is 0 Å². The van der Waals surface area contributed by atoms with E-state index in [1.54, 1.807) is 10.8 Å². The molecule has 0 bridgehead atoms. The summed E-state index contributed by atoms with van der Waals surface area (Å²) in [4.78, 5) is 0. The molecule has 1 heteroatoms. The van der Waals surface area contributed by atoms with Crippen LogP contribution >= 0.6 is 0 Å². The highest BCUT2D eigenvalue weighted by atomic mass is 28.3. The largest absolute Gasteiger partial charge is 0.0775 e. The summed E-state index contributed by atoms with van der Waals surface area (Å²) in [7, 11) is -1.27. The maximum atomic E-state index is 2.48. The Kier molecular flexibility index (Phi) is 3.13. The van der Waals surface area contributed by atoms with Gasteiger partial charge in [0.05, 0.1) is 8.07 Å². The number of fused-ring (bicyclic) bond motifs is 1. The van der Waals surface area contributed by atoms with E-state index in [0.29, 0.717) is 5.92 Å². The Labute approximate surface area is 123 Å². The van der Waals surface area contributed by atoms with E-state index in [4.69, 9.17) is 0 Å². The Balaban J connectivity index is 2.13. The van der Waals surface area contributed by atoms with Gasteiger partial charge < -0.3 is 0 Å². The van der Waals surface area contributed by atoms with Crippen molar-refractivity contribution in [1.82, 2.24) is 0 Å². The summed E-state index contributed by atoms with van der Waals surface area (Å²) in [6.45, 7) is 12.0. The zero-order valence-corrected chi connectivity index (χ0v) is 14.2. The van der Waals surface area contributed by atoms with E-state index in [0.717, 1.165) is 0 Å². The first-order valence-electron chi connectivity index (χ1n) is 7.56. The molecule has 0 nitrogen and oxygen atoms in total. The van der Waals surface area contributed by atoms with E-state index in [1.165, 1.54) is 28.7 Å². The third kappa shape index (κ3) is 2.14. The number of allylic oxidation sites excluding steroid dienone is 5. The van der Waals surface area contributed by atoms with Gasteiger partial charge in [0.25, 0.3) is 0 Å². The molecule has 2 aliphatic carbocycles. The lowest BCUT2D eigenvalue weighted by molar-refractivity contribution is 0.899. The molecular formula is C19H24Si. The van der Waals surface area contributed by atoms with E-state index >= 15 is 0 Å². The summed E-state index contributed by atoms with van der Waals surface area (Å²) < 4.78 is 0. The SMILES string of the molecule is CC1=CC([Si](C)(C)C)=C([C@@H]2C(C)=Cc3ccccc32)C1. The minimum atomic E-state index is -1.27. The first-order chi connectivity index (χ1) is 9.38. The van der Waals surface area contributed by atoms with Gasteiger partial charge >= 0.3 is 0 Å². The van der Waals surface area contributed by atoms with E-state index in [2.05, 4.69) is 69.9 Å². The summed E-state index contributed by atoms with van der Waals surface area (Å²) in [5.74, 6) is 0.529. The number of hydrogen-bond acceptors (Lipinski definition) is 0. The van der Waals surface area contributed by atoms with Crippen LogP contribution in [0.3, 0.4) is 0 Å². The molecule has 2 aliphatic rings. The van der Waals surface area contributed by atoms with Crippen LogP contribution in [0.4, 0.5) is 0 Å². The van der Waals surface area contributed by atoms with Crippen molar-refractivity contribution in [1.29, 1.82) is 0 Å². The van der Waals surface area contributed by atoms with Gasteiger partial charge in [0.1, 0.15) is 0 Å². The summed E-state index contributed by atoms with van der Waals surface area (Å²) in [5, 5.41) is 1.68. The molecule has 0 saturated heterocycles. The van der Waals surface area contributed by atoms with Crippen molar-refractivity contribution < 1.29 is 0 Å². The fourth-order valence-electron chi connectivity index (χ4n) is 3.68. The lowest BCUT2D eigenvalue weighted by Crippen LogP contribution is -2.24. The van der Waals surface area contributed by atoms with Crippen LogP contribution in [0.1, 0.15) is 37.3 Å². The van der Waals surface area contributed by atoms with Crippen LogP contribution in [0.25, 0.3) is 6.08 Å². The maximum absolute atomic E-state index is 2.48. The zero-order valence-electron chi connectivity index (χ0n) is 13.2. The predicted molar refractivity (Wildman–Crippen MR) is 91.6 cm³/mol. The standard InChI is InChI=1S/C19H24Si/c1-13-10-17(18(11-13)20(3,4)5)19-14(2)12-15-8-6-7-9-16(15)19/h6-9,11-12,19H,10H2,1-5H3/t19-/m1/s1. The monoisotopic (exact) mass is 280 g/mol. The number of benzene rings is 1. The van der Waals surface area contributed by atoms with Crippen molar-refractivity contribution in [2.45, 2.75) is 45.8 Å². The molecule has 0 aliphatic heterocycles. The van der Waals surface area contributed by atoms with Crippen LogP contribution in [-0.4, -0.2) is 8.07 Å². The molecule has 0 unspecified atom stereocenters. The first-order valence-corrected chi connectivity index (χ1v) is 11.1. The highest BCUT2D eigenvalue weighted by molar-refractivity contribution is 6.84. The van der Waals surface area contributed by atoms with Gasteiger partial charge in [0.2, 0.25) is 0 Å². The second kappa shape index (κ2) is 4.59. The molecule has 0 saturated carbocycles. The van der Waals surface area contributed by atoms with Crippen LogP contribution < -0.4 is 0 Å². The topological polar surface area (TPSA) is 0 Å². The van der Waals surface area contributed by atoms with Gasteiger partial charge in [-0.2, -0.15) is 0 Å². The molecule has 1 aromatic carbocycles. The van der Waals surface area contributed by atoms with Gasteiger partial charge in [-0.15, -0.1) is 0 Å². The number of hydrogen-bond donors (Lipinski definition) is 0. The molecule has 104 valence electrons. The van der Waals surface area contributed by atoms with Crippen molar-refractivity contribution in [3.8, 4) is 0 Å². The average Bonchev–Trinajstić information content (AvgIpc) is 2.87. The van der Waals surface area contributed by atoms with Gasteiger partial charge in [-0.25, -0.2) is 0 Å².